The van der Waals surface area contributed by atoms with Gasteiger partial charge in [0.05, 0.1) is 42.3 Å². The lowest BCUT2D eigenvalue weighted by Gasteiger charge is -2.67. The molecule has 16 heteroatoms. The lowest BCUT2D eigenvalue weighted by molar-refractivity contribution is -0.346. The van der Waals surface area contributed by atoms with Crippen LogP contribution in [0.2, 0.25) is 0 Å². The van der Waals surface area contributed by atoms with Gasteiger partial charge in [-0.1, -0.05) is 75.7 Å². The summed E-state index contributed by atoms with van der Waals surface area (Å²) < 4.78 is 35.4. The minimum atomic E-state index is -2.39. The summed E-state index contributed by atoms with van der Waals surface area (Å²) in [7, 11) is 0. The number of fused-ring (bicyclic) bond motifs is 5. The normalized spacial score (nSPS) is 32.2. The van der Waals surface area contributed by atoms with Gasteiger partial charge in [-0.25, -0.2) is 14.4 Å². The SMILES string of the molecule is CCCCOC(=O)N[C@@H](c1ccccc1)[C@@H](O)C(=O)O[C@H]1C[C@@]2(O)[C@@H](OC(=O)c3ccccc3)[C@@H]3[C@]4(OC(C)=O)CO[C@@H]4C[C@H](O)[C@@]3(C)C(=O)[C@H](OC(C)=O)C(=C1C)C2(C)C. The number of amides is 1. The van der Waals surface area contributed by atoms with Crippen molar-refractivity contribution in [2.24, 2.45) is 16.7 Å². The highest BCUT2D eigenvalue weighted by Gasteiger charge is 2.78. The van der Waals surface area contributed by atoms with Crippen LogP contribution >= 0.6 is 0 Å². The summed E-state index contributed by atoms with van der Waals surface area (Å²) >= 11 is 0. The Labute approximate surface area is 353 Å². The summed E-state index contributed by atoms with van der Waals surface area (Å²) in [4.78, 5) is 82.7. The number of aliphatic hydroxyl groups excluding tert-OH is 2. The Hall–Kier alpha value is -5.16. The van der Waals surface area contributed by atoms with E-state index in [2.05, 4.69) is 5.32 Å². The number of aliphatic hydroxyl groups is 3. The predicted octanol–water partition coefficient (Wildman–Crippen LogP) is 3.83. The fourth-order valence-corrected chi connectivity index (χ4v) is 9.85. The quantitative estimate of drug-likeness (QED) is 0.103. The number of nitrogens with one attached hydrogen (secondary N) is 1. The van der Waals surface area contributed by atoms with Gasteiger partial charge >= 0.3 is 30.0 Å². The molecule has 1 amide bonds. The van der Waals surface area contributed by atoms with E-state index in [0.29, 0.717) is 12.0 Å². The van der Waals surface area contributed by atoms with Crippen molar-refractivity contribution >= 4 is 35.8 Å². The molecule has 4 N–H and O–H groups in total. The molecule has 0 unspecified atom stereocenters. The summed E-state index contributed by atoms with van der Waals surface area (Å²) in [6.45, 7) is 9.95. The van der Waals surface area contributed by atoms with Gasteiger partial charge in [-0.2, -0.15) is 0 Å². The van der Waals surface area contributed by atoms with Crippen molar-refractivity contribution in [3.05, 3.63) is 82.9 Å². The van der Waals surface area contributed by atoms with Crippen LogP contribution in [0.4, 0.5) is 4.79 Å². The summed E-state index contributed by atoms with van der Waals surface area (Å²) in [5.74, 6) is -6.27. The number of benzene rings is 2. The molecule has 11 atom stereocenters. The Morgan fingerprint density at radius 2 is 1.57 bits per heavy atom. The molecule has 2 saturated carbocycles. The lowest BCUT2D eigenvalue weighted by atomic mass is 9.44. The number of carbonyl (C=O) groups excluding carboxylic acids is 6. The molecule has 0 spiro atoms. The van der Waals surface area contributed by atoms with Crippen molar-refractivity contribution < 1.29 is 72.5 Å². The molecule has 3 aliphatic carbocycles. The van der Waals surface area contributed by atoms with Gasteiger partial charge in [0.15, 0.2) is 23.6 Å². The first-order chi connectivity index (χ1) is 28.7. The fraction of sp³-hybridized carbons (Fsp3) is 0.556. The van der Waals surface area contributed by atoms with E-state index in [9.17, 15) is 39.3 Å². The average molecular weight is 850 g/mol. The third kappa shape index (κ3) is 7.94. The Morgan fingerprint density at radius 3 is 2.15 bits per heavy atom. The van der Waals surface area contributed by atoms with E-state index in [4.69, 9.17) is 28.4 Å². The number of carbonyl (C=O) groups is 6. The van der Waals surface area contributed by atoms with Gasteiger partial charge in [0.1, 0.15) is 23.9 Å². The van der Waals surface area contributed by atoms with E-state index >= 15 is 4.79 Å². The smallest absolute Gasteiger partial charge is 0.407 e. The topological polar surface area (TPSA) is 231 Å². The number of ketones is 1. The second kappa shape index (κ2) is 17.3. The van der Waals surface area contributed by atoms with Crippen molar-refractivity contribution in [3.63, 3.8) is 0 Å². The van der Waals surface area contributed by atoms with Crippen molar-refractivity contribution in [1.82, 2.24) is 5.32 Å². The average Bonchev–Trinajstić information content (AvgIpc) is 3.21. The second-order valence-electron chi connectivity index (χ2n) is 17.1. The molecule has 330 valence electrons. The van der Waals surface area contributed by atoms with Crippen LogP contribution in [-0.4, -0.2) is 112 Å². The van der Waals surface area contributed by atoms with Gasteiger partial charge < -0.3 is 49.1 Å². The molecule has 1 saturated heterocycles. The molecule has 2 aromatic rings. The molecular formula is C45H55NO15. The van der Waals surface area contributed by atoms with Crippen LogP contribution < -0.4 is 5.32 Å². The molecule has 1 heterocycles. The third-order valence-corrected chi connectivity index (χ3v) is 13.2. The van der Waals surface area contributed by atoms with Crippen LogP contribution in [0.3, 0.4) is 0 Å². The number of esters is 4. The van der Waals surface area contributed by atoms with Crippen LogP contribution in [0.25, 0.3) is 0 Å². The molecule has 1 aliphatic heterocycles. The van der Waals surface area contributed by atoms with E-state index < -0.39 is 113 Å². The number of unbranched alkanes of at least 4 members (excludes halogenated alkanes) is 1. The Bertz CT molecular complexity index is 2050. The van der Waals surface area contributed by atoms with Gasteiger partial charge in [-0.15, -0.1) is 0 Å². The maximum Gasteiger partial charge on any atom is 0.407 e. The first-order valence-electron chi connectivity index (χ1n) is 20.5. The summed E-state index contributed by atoms with van der Waals surface area (Å²) in [5.41, 5.74) is -7.32. The monoisotopic (exact) mass is 849 g/mol. The largest absolute Gasteiger partial charge is 0.456 e. The highest BCUT2D eigenvalue weighted by Crippen LogP contribution is 2.64. The maximum atomic E-state index is 15.4. The molecule has 0 aromatic heterocycles. The van der Waals surface area contributed by atoms with E-state index in [1.54, 1.807) is 62.4 Å². The predicted molar refractivity (Wildman–Crippen MR) is 213 cm³/mol. The summed E-state index contributed by atoms with van der Waals surface area (Å²) in [6, 6.07) is 14.6. The van der Waals surface area contributed by atoms with E-state index in [-0.39, 0.29) is 36.3 Å². The highest BCUT2D eigenvalue weighted by molar-refractivity contribution is 5.95. The fourth-order valence-electron chi connectivity index (χ4n) is 9.85. The van der Waals surface area contributed by atoms with Crippen molar-refractivity contribution in [2.75, 3.05) is 13.2 Å². The molecule has 2 bridgehead atoms. The standard InChI is InChI=1S/C45H55NO15/c1-8-9-20-56-41(54)46-33(27-16-12-10-13-17-27)34(50)40(53)59-29-22-45(55)38(60-39(52)28-18-14-11-15-19-28)36-43(7,30(49)21-31-44(36,23-57-31)61-26(4)48)37(51)35(58-25(3)47)32(24(29)2)42(45,5)6/h10-19,29-31,33-36,38,49-50,55H,8-9,20-23H2,1-7H3,(H,46,54)/t29-,30-,31+,33-,34+,35+,36-,38-,43+,44-,45+/m0/s1. The first kappa shape index (κ1) is 45.4. The maximum absolute atomic E-state index is 15.4. The molecule has 0 radical (unpaired) electrons. The molecule has 61 heavy (non-hydrogen) atoms. The van der Waals surface area contributed by atoms with Crippen molar-refractivity contribution in [1.29, 1.82) is 0 Å². The number of alkyl carbamates (subject to hydrolysis) is 1. The Balaban J connectivity index is 1.52. The van der Waals surface area contributed by atoms with Gasteiger partial charge in [0.25, 0.3) is 0 Å². The molecule has 6 rings (SSSR count). The van der Waals surface area contributed by atoms with Crippen LogP contribution in [-0.2, 0) is 47.6 Å². The minimum absolute atomic E-state index is 0.00729. The van der Waals surface area contributed by atoms with Crippen molar-refractivity contribution in [3.8, 4) is 0 Å². The molecule has 4 aliphatic rings. The zero-order valence-corrected chi connectivity index (χ0v) is 35.4. The highest BCUT2D eigenvalue weighted by atomic mass is 16.6. The third-order valence-electron chi connectivity index (χ3n) is 13.2. The zero-order chi connectivity index (χ0) is 44.7. The van der Waals surface area contributed by atoms with E-state index in [0.717, 1.165) is 20.3 Å². The number of hydrogen-bond donors (Lipinski definition) is 4. The van der Waals surface area contributed by atoms with Gasteiger partial charge in [-0.3, -0.25) is 14.4 Å². The minimum Gasteiger partial charge on any atom is -0.456 e. The van der Waals surface area contributed by atoms with E-state index in [1.165, 1.54) is 26.0 Å². The van der Waals surface area contributed by atoms with Gasteiger partial charge in [0.2, 0.25) is 0 Å². The Morgan fingerprint density at radius 1 is 0.934 bits per heavy atom. The Kier molecular flexibility index (Phi) is 12.9. The second-order valence-corrected chi connectivity index (χ2v) is 17.1. The zero-order valence-electron chi connectivity index (χ0n) is 35.4. The van der Waals surface area contributed by atoms with Crippen LogP contribution in [0.15, 0.2) is 71.8 Å². The number of rotatable bonds is 12. The summed E-state index contributed by atoms with van der Waals surface area (Å²) in [6.07, 6.45) is -10.1. The molecule has 16 nitrogen and oxygen atoms in total. The van der Waals surface area contributed by atoms with Gasteiger partial charge in [0, 0.05) is 32.1 Å². The molecular weight excluding hydrogens is 794 g/mol. The van der Waals surface area contributed by atoms with E-state index in [1.807, 2.05) is 6.92 Å². The lowest BCUT2D eigenvalue weighted by Crippen LogP contribution is -2.82. The first-order valence-corrected chi connectivity index (χ1v) is 20.5. The van der Waals surface area contributed by atoms with Crippen LogP contribution in [0.5, 0.6) is 0 Å². The van der Waals surface area contributed by atoms with Crippen LogP contribution in [0.1, 0.15) is 96.1 Å². The molecule has 2 aromatic carbocycles. The van der Waals surface area contributed by atoms with Crippen LogP contribution in [0, 0.1) is 16.7 Å². The molecule has 3 fully saturated rings. The summed E-state index contributed by atoms with van der Waals surface area (Å²) in [5, 5.41) is 39.9. The van der Waals surface area contributed by atoms with Crippen molar-refractivity contribution in [2.45, 2.75) is 128 Å². The number of ether oxygens (including phenoxy) is 6. The van der Waals surface area contributed by atoms with Gasteiger partial charge in [-0.05, 0) is 49.1 Å². The number of hydrogen-bond acceptors (Lipinski definition) is 15. The number of Topliss-reactive ketones (excluding diaryl/α,β-unsaturated/α-hetero) is 1.